The highest BCUT2D eigenvalue weighted by molar-refractivity contribution is 9.10. The molecule has 1 atom stereocenters. The number of nitrogens with zero attached hydrogens (tertiary/aromatic N) is 1. The monoisotopic (exact) mass is 345 g/mol. The van der Waals surface area contributed by atoms with E-state index in [1.807, 2.05) is 0 Å². The third-order valence-corrected chi connectivity index (χ3v) is 3.68. The fourth-order valence-corrected chi connectivity index (χ4v) is 2.46. The summed E-state index contributed by atoms with van der Waals surface area (Å²) in [4.78, 5) is 24.6. The first kappa shape index (κ1) is 14.9. The van der Waals surface area contributed by atoms with E-state index in [9.17, 15) is 14.0 Å². The highest BCUT2D eigenvalue weighted by Crippen LogP contribution is 2.18. The van der Waals surface area contributed by atoms with Gasteiger partial charge in [-0.25, -0.2) is 9.18 Å². The smallest absolute Gasteiger partial charge is 0.328 e. The Kier molecular flexibility index (Phi) is 4.72. The quantitative estimate of drug-likeness (QED) is 0.900. The normalized spacial score (nSPS) is 18.9. The molecule has 0 aliphatic carbocycles. The summed E-state index contributed by atoms with van der Waals surface area (Å²) in [7, 11) is 0. The van der Waals surface area contributed by atoms with Crippen LogP contribution in [0.4, 0.5) is 4.39 Å². The molecule has 0 spiro atoms. The molecule has 7 heteroatoms. The van der Waals surface area contributed by atoms with Gasteiger partial charge in [0.25, 0.3) is 0 Å². The minimum Gasteiger partial charge on any atom is -0.480 e. The molecule has 108 valence electrons. The highest BCUT2D eigenvalue weighted by atomic mass is 79.9. The third kappa shape index (κ3) is 3.34. The van der Waals surface area contributed by atoms with Crippen molar-refractivity contribution in [2.45, 2.75) is 12.5 Å². The van der Waals surface area contributed by atoms with E-state index >= 15 is 0 Å². The second-order valence-corrected chi connectivity index (χ2v) is 5.30. The standard InChI is InChI=1S/C13H13BrFNO4/c14-9-5-8(1-2-10(9)15)6-12(17)16-3-4-20-7-11(16)13(18)19/h1-2,5,11H,3-4,6-7H2,(H,18,19). The Morgan fingerprint density at radius 3 is 2.90 bits per heavy atom. The Morgan fingerprint density at radius 2 is 2.25 bits per heavy atom. The van der Waals surface area contributed by atoms with Crippen LogP contribution in [0.1, 0.15) is 5.56 Å². The molecule has 1 N–H and O–H groups in total. The zero-order valence-electron chi connectivity index (χ0n) is 10.5. The Bertz CT molecular complexity index is 537. The summed E-state index contributed by atoms with van der Waals surface area (Å²) in [6.45, 7) is 0.564. The molecule has 1 heterocycles. The van der Waals surface area contributed by atoms with Gasteiger partial charge in [-0.1, -0.05) is 6.07 Å². The van der Waals surface area contributed by atoms with Crippen LogP contribution in [0.5, 0.6) is 0 Å². The summed E-state index contributed by atoms with van der Waals surface area (Å²) in [5.74, 6) is -1.80. The lowest BCUT2D eigenvalue weighted by atomic mass is 10.1. The summed E-state index contributed by atoms with van der Waals surface area (Å²) in [5.41, 5.74) is 0.624. The summed E-state index contributed by atoms with van der Waals surface area (Å²) >= 11 is 3.05. The maximum absolute atomic E-state index is 13.1. The molecule has 0 radical (unpaired) electrons. The number of hydrogen-bond donors (Lipinski definition) is 1. The molecule has 5 nitrogen and oxygen atoms in total. The van der Waals surface area contributed by atoms with Crippen molar-refractivity contribution in [1.29, 1.82) is 0 Å². The van der Waals surface area contributed by atoms with Gasteiger partial charge in [0.1, 0.15) is 5.82 Å². The molecule has 1 aromatic carbocycles. The molecule has 2 rings (SSSR count). The predicted molar refractivity (Wildman–Crippen MR) is 71.8 cm³/mol. The molecule has 0 bridgehead atoms. The van der Waals surface area contributed by atoms with Crippen LogP contribution < -0.4 is 0 Å². The molecule has 1 aliphatic rings. The van der Waals surface area contributed by atoms with Crippen molar-refractivity contribution < 1.29 is 23.8 Å². The van der Waals surface area contributed by atoms with Gasteiger partial charge >= 0.3 is 5.97 Å². The van der Waals surface area contributed by atoms with Crippen LogP contribution in [0.25, 0.3) is 0 Å². The van der Waals surface area contributed by atoms with Crippen LogP contribution >= 0.6 is 15.9 Å². The third-order valence-electron chi connectivity index (χ3n) is 3.07. The molecular formula is C13H13BrFNO4. The van der Waals surface area contributed by atoms with E-state index < -0.39 is 17.8 Å². The van der Waals surface area contributed by atoms with Crippen molar-refractivity contribution in [3.05, 3.63) is 34.1 Å². The van der Waals surface area contributed by atoms with Crippen molar-refractivity contribution in [3.63, 3.8) is 0 Å². The lowest BCUT2D eigenvalue weighted by Gasteiger charge is -2.32. The van der Waals surface area contributed by atoms with Crippen molar-refractivity contribution in [3.8, 4) is 0 Å². The number of benzene rings is 1. The number of ether oxygens (including phenoxy) is 1. The predicted octanol–water partition coefficient (Wildman–Crippen LogP) is 1.44. The molecule has 20 heavy (non-hydrogen) atoms. The molecule has 1 aliphatic heterocycles. The van der Waals surface area contributed by atoms with Crippen LogP contribution in [-0.2, 0) is 20.7 Å². The fourth-order valence-electron chi connectivity index (χ4n) is 2.03. The van der Waals surface area contributed by atoms with Crippen LogP contribution in [0.15, 0.2) is 22.7 Å². The number of carboxylic acid groups (broad SMARTS) is 1. The van der Waals surface area contributed by atoms with Gasteiger partial charge in [-0.15, -0.1) is 0 Å². The van der Waals surface area contributed by atoms with E-state index in [1.165, 1.54) is 23.1 Å². The molecule has 1 aromatic rings. The zero-order valence-corrected chi connectivity index (χ0v) is 12.1. The Labute approximate surface area is 123 Å². The largest absolute Gasteiger partial charge is 0.480 e. The van der Waals surface area contributed by atoms with Gasteiger partial charge in [-0.2, -0.15) is 0 Å². The van der Waals surface area contributed by atoms with Crippen molar-refractivity contribution in [1.82, 2.24) is 4.90 Å². The number of aliphatic carboxylic acids is 1. The van der Waals surface area contributed by atoms with Crippen molar-refractivity contribution in [2.75, 3.05) is 19.8 Å². The molecule has 1 fully saturated rings. The minimum absolute atomic E-state index is 0.00577. The first-order valence-electron chi connectivity index (χ1n) is 6.03. The Balaban J connectivity index is 2.09. The number of rotatable bonds is 3. The van der Waals surface area contributed by atoms with Gasteiger partial charge in [0.15, 0.2) is 6.04 Å². The average molecular weight is 346 g/mol. The number of carbonyl (C=O) groups is 2. The number of morpholine rings is 1. The highest BCUT2D eigenvalue weighted by Gasteiger charge is 2.32. The maximum Gasteiger partial charge on any atom is 0.328 e. The van der Waals surface area contributed by atoms with E-state index in [1.54, 1.807) is 0 Å². The fraction of sp³-hybridized carbons (Fsp3) is 0.385. The maximum atomic E-state index is 13.1. The van der Waals surface area contributed by atoms with Crippen molar-refractivity contribution in [2.24, 2.45) is 0 Å². The average Bonchev–Trinajstić information content (AvgIpc) is 2.43. The molecule has 1 amide bonds. The number of carbonyl (C=O) groups excluding carboxylic acids is 1. The van der Waals surface area contributed by atoms with E-state index in [4.69, 9.17) is 9.84 Å². The van der Waals surface area contributed by atoms with Crippen LogP contribution in [0.2, 0.25) is 0 Å². The van der Waals surface area contributed by atoms with E-state index in [-0.39, 0.29) is 30.0 Å². The van der Waals surface area contributed by atoms with Gasteiger partial charge < -0.3 is 14.7 Å². The van der Waals surface area contributed by atoms with E-state index in [0.29, 0.717) is 12.2 Å². The second-order valence-electron chi connectivity index (χ2n) is 4.44. The topological polar surface area (TPSA) is 66.8 Å². The first-order chi connectivity index (χ1) is 9.49. The molecule has 0 aromatic heterocycles. The summed E-state index contributed by atoms with van der Waals surface area (Å²) in [6.07, 6.45) is 0.0304. The second kappa shape index (κ2) is 6.32. The lowest BCUT2D eigenvalue weighted by Crippen LogP contribution is -2.53. The van der Waals surface area contributed by atoms with E-state index in [2.05, 4.69) is 15.9 Å². The van der Waals surface area contributed by atoms with Gasteiger partial charge in [0, 0.05) is 6.54 Å². The van der Waals surface area contributed by atoms with Gasteiger partial charge in [0.05, 0.1) is 24.1 Å². The summed E-state index contributed by atoms with van der Waals surface area (Å²) < 4.78 is 18.5. The number of amides is 1. The molecule has 1 unspecified atom stereocenters. The SMILES string of the molecule is O=C(O)C1COCCN1C(=O)Cc1ccc(F)c(Br)c1. The number of carboxylic acids is 1. The summed E-state index contributed by atoms with van der Waals surface area (Å²) in [5, 5.41) is 9.07. The van der Waals surface area contributed by atoms with Crippen LogP contribution in [0, 0.1) is 5.82 Å². The van der Waals surface area contributed by atoms with Gasteiger partial charge in [-0.05, 0) is 33.6 Å². The van der Waals surface area contributed by atoms with Gasteiger partial charge in [0.2, 0.25) is 5.91 Å². The zero-order chi connectivity index (χ0) is 14.7. The lowest BCUT2D eigenvalue weighted by molar-refractivity contribution is -0.158. The Morgan fingerprint density at radius 1 is 1.50 bits per heavy atom. The Hall–Kier alpha value is -1.47. The molecule has 0 saturated carbocycles. The van der Waals surface area contributed by atoms with Crippen LogP contribution in [-0.4, -0.2) is 47.7 Å². The molecule has 1 saturated heterocycles. The minimum atomic E-state index is -1.08. The van der Waals surface area contributed by atoms with Gasteiger partial charge in [-0.3, -0.25) is 4.79 Å². The van der Waals surface area contributed by atoms with E-state index in [0.717, 1.165) is 0 Å². The molecular weight excluding hydrogens is 333 g/mol. The van der Waals surface area contributed by atoms with Crippen molar-refractivity contribution >= 4 is 27.8 Å². The van der Waals surface area contributed by atoms with Crippen LogP contribution in [0.3, 0.4) is 0 Å². The number of hydrogen-bond acceptors (Lipinski definition) is 3. The first-order valence-corrected chi connectivity index (χ1v) is 6.82. The summed E-state index contributed by atoms with van der Waals surface area (Å²) in [6, 6.07) is 3.33. The number of halogens is 2.